The van der Waals surface area contributed by atoms with E-state index in [0.29, 0.717) is 6.42 Å². The Morgan fingerprint density at radius 1 is 1.25 bits per heavy atom. The smallest absolute Gasteiger partial charge is 0.223 e. The second-order valence-electron chi connectivity index (χ2n) is 6.46. The van der Waals surface area contributed by atoms with Crippen LogP contribution in [0.25, 0.3) is 0 Å². The van der Waals surface area contributed by atoms with Crippen LogP contribution in [0.5, 0.6) is 0 Å². The summed E-state index contributed by atoms with van der Waals surface area (Å²) >= 11 is 0. The van der Waals surface area contributed by atoms with Crippen molar-refractivity contribution in [3.63, 3.8) is 0 Å². The molecule has 2 aliphatic rings. The van der Waals surface area contributed by atoms with Gasteiger partial charge in [-0.05, 0) is 12.8 Å². The van der Waals surface area contributed by atoms with E-state index >= 15 is 0 Å². The lowest BCUT2D eigenvalue weighted by Crippen LogP contribution is -2.58. The average Bonchev–Trinajstić information content (AvgIpc) is 3.13. The van der Waals surface area contributed by atoms with E-state index in [1.54, 1.807) is 24.9 Å². The van der Waals surface area contributed by atoms with Gasteiger partial charge in [0.05, 0.1) is 23.8 Å². The molecule has 7 nitrogen and oxygen atoms in total. The molecule has 2 aromatic rings. The van der Waals surface area contributed by atoms with Gasteiger partial charge in [-0.25, -0.2) is 9.97 Å². The van der Waals surface area contributed by atoms with Crippen LogP contribution in [0.15, 0.2) is 24.9 Å². The standard InChI is InChI=1S/C17H22N6O/c1-2-15(24)23-8-3-13-16(21-12-20-13)17(23)4-9-22(10-5-17)14-11-18-6-7-19-14/h6-7,11-12H,2-5,8-10H2,1H3,(H,20,21). The third-order valence-electron chi connectivity index (χ3n) is 5.33. The Morgan fingerprint density at radius 3 is 2.79 bits per heavy atom. The van der Waals surface area contributed by atoms with Gasteiger partial charge in [-0.1, -0.05) is 6.92 Å². The van der Waals surface area contributed by atoms with Crippen molar-refractivity contribution in [3.05, 3.63) is 36.3 Å². The van der Waals surface area contributed by atoms with E-state index in [-0.39, 0.29) is 11.4 Å². The van der Waals surface area contributed by atoms with E-state index in [1.165, 1.54) is 5.69 Å². The first kappa shape index (κ1) is 15.1. The molecule has 0 saturated carbocycles. The number of anilines is 1. The molecule has 4 rings (SSSR count). The number of H-pyrrole nitrogens is 1. The molecule has 2 aliphatic heterocycles. The maximum Gasteiger partial charge on any atom is 0.223 e. The van der Waals surface area contributed by atoms with Crippen molar-refractivity contribution in [1.82, 2.24) is 24.8 Å². The van der Waals surface area contributed by atoms with E-state index in [1.807, 2.05) is 6.92 Å². The number of aromatic amines is 1. The SMILES string of the molecule is CCC(=O)N1CCc2[nH]cnc2C12CCN(c1cnccn1)CC2. The van der Waals surface area contributed by atoms with Gasteiger partial charge in [-0.3, -0.25) is 9.78 Å². The van der Waals surface area contributed by atoms with Crippen molar-refractivity contribution in [2.24, 2.45) is 0 Å². The minimum Gasteiger partial charge on any atom is -0.355 e. The van der Waals surface area contributed by atoms with Gasteiger partial charge in [0.15, 0.2) is 0 Å². The molecular formula is C17H22N6O. The molecule has 24 heavy (non-hydrogen) atoms. The van der Waals surface area contributed by atoms with E-state index < -0.39 is 0 Å². The zero-order chi connectivity index (χ0) is 16.6. The summed E-state index contributed by atoms with van der Waals surface area (Å²) in [6.07, 6.45) is 10.1. The van der Waals surface area contributed by atoms with Crippen LogP contribution in [0.4, 0.5) is 5.82 Å². The van der Waals surface area contributed by atoms with Gasteiger partial charge in [-0.15, -0.1) is 0 Å². The summed E-state index contributed by atoms with van der Waals surface area (Å²) in [7, 11) is 0. The quantitative estimate of drug-likeness (QED) is 0.905. The molecular weight excluding hydrogens is 304 g/mol. The van der Waals surface area contributed by atoms with Crippen molar-refractivity contribution >= 4 is 11.7 Å². The number of hydrogen-bond donors (Lipinski definition) is 1. The lowest BCUT2D eigenvalue weighted by Gasteiger charge is -2.50. The molecule has 126 valence electrons. The fourth-order valence-electron chi connectivity index (χ4n) is 4.10. The third kappa shape index (κ3) is 2.26. The average molecular weight is 326 g/mol. The summed E-state index contributed by atoms with van der Waals surface area (Å²) in [5.74, 6) is 1.12. The molecule has 1 amide bonds. The summed E-state index contributed by atoms with van der Waals surface area (Å²) in [6, 6.07) is 0. The second-order valence-corrected chi connectivity index (χ2v) is 6.46. The van der Waals surface area contributed by atoms with Crippen LogP contribution in [-0.4, -0.2) is 50.4 Å². The van der Waals surface area contributed by atoms with Crippen LogP contribution in [0.2, 0.25) is 0 Å². The van der Waals surface area contributed by atoms with Crippen LogP contribution in [0.1, 0.15) is 37.6 Å². The zero-order valence-electron chi connectivity index (χ0n) is 13.9. The minimum atomic E-state index is -0.278. The van der Waals surface area contributed by atoms with Gasteiger partial charge in [0.2, 0.25) is 5.91 Å². The van der Waals surface area contributed by atoms with Crippen LogP contribution in [0.3, 0.4) is 0 Å². The first-order valence-electron chi connectivity index (χ1n) is 8.59. The number of fused-ring (bicyclic) bond motifs is 2. The molecule has 0 unspecified atom stereocenters. The number of hydrogen-bond acceptors (Lipinski definition) is 5. The van der Waals surface area contributed by atoms with Gasteiger partial charge in [0.25, 0.3) is 0 Å². The number of amides is 1. The van der Waals surface area contributed by atoms with Gasteiger partial charge < -0.3 is 14.8 Å². The van der Waals surface area contributed by atoms with Crippen molar-refractivity contribution in [1.29, 1.82) is 0 Å². The normalized spacial score (nSPS) is 19.4. The molecule has 4 heterocycles. The number of rotatable bonds is 2. The van der Waals surface area contributed by atoms with Crippen LogP contribution >= 0.6 is 0 Å². The monoisotopic (exact) mass is 326 g/mol. The molecule has 0 radical (unpaired) electrons. The fourth-order valence-corrected chi connectivity index (χ4v) is 4.10. The Hall–Kier alpha value is -2.44. The molecule has 1 fully saturated rings. The van der Waals surface area contributed by atoms with Crippen molar-refractivity contribution < 1.29 is 4.79 Å². The largest absolute Gasteiger partial charge is 0.355 e. The number of carbonyl (C=O) groups excluding carboxylic acids is 1. The Balaban J connectivity index is 1.64. The minimum absolute atomic E-state index is 0.219. The lowest BCUT2D eigenvalue weighted by atomic mass is 9.78. The number of nitrogens with zero attached hydrogens (tertiary/aromatic N) is 5. The fraction of sp³-hybridized carbons (Fsp3) is 0.529. The second kappa shape index (κ2) is 5.89. The molecule has 0 bridgehead atoms. The van der Waals surface area contributed by atoms with Crippen LogP contribution < -0.4 is 4.90 Å². The zero-order valence-corrected chi connectivity index (χ0v) is 13.9. The Kier molecular flexibility index (Phi) is 3.70. The first-order valence-corrected chi connectivity index (χ1v) is 8.59. The highest BCUT2D eigenvalue weighted by atomic mass is 16.2. The van der Waals surface area contributed by atoms with E-state index in [2.05, 4.69) is 29.7 Å². The Bertz CT molecular complexity index is 720. The number of aromatic nitrogens is 4. The Labute approximate surface area is 141 Å². The number of imidazole rings is 1. The summed E-state index contributed by atoms with van der Waals surface area (Å²) in [6.45, 7) is 4.40. The first-order chi connectivity index (χ1) is 11.7. The third-order valence-corrected chi connectivity index (χ3v) is 5.33. The molecule has 2 aromatic heterocycles. The summed E-state index contributed by atoms with van der Waals surface area (Å²) in [5, 5.41) is 0. The molecule has 7 heteroatoms. The van der Waals surface area contributed by atoms with Gasteiger partial charge in [0.1, 0.15) is 5.82 Å². The van der Waals surface area contributed by atoms with Gasteiger partial charge >= 0.3 is 0 Å². The highest BCUT2D eigenvalue weighted by molar-refractivity contribution is 5.77. The molecule has 0 aliphatic carbocycles. The van der Waals surface area contributed by atoms with Crippen LogP contribution in [-0.2, 0) is 16.8 Å². The molecule has 1 spiro atoms. The predicted molar refractivity (Wildman–Crippen MR) is 89.5 cm³/mol. The lowest BCUT2D eigenvalue weighted by molar-refractivity contribution is -0.140. The number of piperidine rings is 1. The maximum absolute atomic E-state index is 12.6. The highest BCUT2D eigenvalue weighted by Gasteiger charge is 2.48. The van der Waals surface area contributed by atoms with E-state index in [0.717, 1.165) is 50.4 Å². The molecule has 0 aromatic carbocycles. The maximum atomic E-state index is 12.6. The number of carbonyl (C=O) groups is 1. The van der Waals surface area contributed by atoms with Gasteiger partial charge in [-0.2, -0.15) is 0 Å². The summed E-state index contributed by atoms with van der Waals surface area (Å²) < 4.78 is 0. The highest BCUT2D eigenvalue weighted by Crippen LogP contribution is 2.42. The van der Waals surface area contributed by atoms with E-state index in [4.69, 9.17) is 0 Å². The summed E-state index contributed by atoms with van der Waals surface area (Å²) in [5.41, 5.74) is 1.97. The van der Waals surface area contributed by atoms with Crippen molar-refractivity contribution in [2.75, 3.05) is 24.5 Å². The molecule has 0 atom stereocenters. The van der Waals surface area contributed by atoms with Crippen LogP contribution in [0, 0.1) is 0 Å². The number of nitrogens with one attached hydrogen (secondary N) is 1. The topological polar surface area (TPSA) is 78.0 Å². The molecule has 1 N–H and O–H groups in total. The van der Waals surface area contributed by atoms with Crippen molar-refractivity contribution in [3.8, 4) is 0 Å². The predicted octanol–water partition coefficient (Wildman–Crippen LogP) is 1.49. The Morgan fingerprint density at radius 2 is 2.08 bits per heavy atom. The summed E-state index contributed by atoms with van der Waals surface area (Å²) in [4.78, 5) is 33.3. The molecule has 1 saturated heterocycles. The van der Waals surface area contributed by atoms with Gasteiger partial charge in [0, 0.05) is 50.6 Å². The van der Waals surface area contributed by atoms with Crippen molar-refractivity contribution in [2.45, 2.75) is 38.1 Å². The van der Waals surface area contributed by atoms with E-state index in [9.17, 15) is 4.79 Å².